The molecule has 0 rings (SSSR count). The zero-order valence-electron chi connectivity index (χ0n) is 7.39. The van der Waals surface area contributed by atoms with Crippen LogP contribution in [-0.2, 0) is 4.79 Å². The molecule has 0 aliphatic rings. The molecule has 0 aromatic heterocycles. The van der Waals surface area contributed by atoms with Gasteiger partial charge in [-0.1, -0.05) is 6.92 Å². The molecule has 66 valence electrons. The lowest BCUT2D eigenvalue weighted by Gasteiger charge is -2.08. The lowest BCUT2D eigenvalue weighted by atomic mass is 10.0. The Morgan fingerprint density at radius 3 is 2.73 bits per heavy atom. The van der Waals surface area contributed by atoms with E-state index in [9.17, 15) is 4.79 Å². The third-order valence-electron chi connectivity index (χ3n) is 1.67. The molecule has 0 aliphatic heterocycles. The lowest BCUT2D eigenvalue weighted by molar-refractivity contribution is -0.118. The second-order valence-electron chi connectivity index (χ2n) is 3.02. The minimum absolute atomic E-state index is 0.193. The molecule has 0 saturated heterocycles. The molecule has 0 aliphatic carbocycles. The van der Waals surface area contributed by atoms with E-state index >= 15 is 0 Å². The van der Waals surface area contributed by atoms with Crippen molar-refractivity contribution in [1.82, 2.24) is 5.32 Å². The van der Waals surface area contributed by atoms with Crippen molar-refractivity contribution in [2.75, 3.05) is 13.6 Å². The molecule has 0 heterocycles. The number of nitrogens with two attached hydrogens (primary N) is 1. The van der Waals surface area contributed by atoms with Crippen LogP contribution < -0.4 is 11.1 Å². The molecule has 3 heteroatoms. The number of rotatable bonds is 6. The third-order valence-corrected chi connectivity index (χ3v) is 1.67. The fourth-order valence-corrected chi connectivity index (χ4v) is 1.08. The van der Waals surface area contributed by atoms with Gasteiger partial charge in [0.05, 0.1) is 0 Å². The van der Waals surface area contributed by atoms with E-state index in [2.05, 4.69) is 12.2 Å². The zero-order chi connectivity index (χ0) is 8.69. The number of carbonyl (C=O) groups is 1. The summed E-state index contributed by atoms with van der Waals surface area (Å²) in [6.07, 6.45) is 2.51. The fourth-order valence-electron chi connectivity index (χ4n) is 1.08. The number of nitrogens with one attached hydrogen (secondary N) is 1. The summed E-state index contributed by atoms with van der Waals surface area (Å²) >= 11 is 0. The monoisotopic (exact) mass is 158 g/mol. The molecule has 3 nitrogen and oxygen atoms in total. The topological polar surface area (TPSA) is 55.1 Å². The average molecular weight is 158 g/mol. The molecule has 0 aromatic carbocycles. The summed E-state index contributed by atoms with van der Waals surface area (Å²) < 4.78 is 0. The first-order chi connectivity index (χ1) is 5.16. The van der Waals surface area contributed by atoms with Crippen molar-refractivity contribution in [3.05, 3.63) is 0 Å². The van der Waals surface area contributed by atoms with Gasteiger partial charge in [0.2, 0.25) is 5.91 Å². The number of primary amides is 1. The Morgan fingerprint density at radius 2 is 2.27 bits per heavy atom. The van der Waals surface area contributed by atoms with Gasteiger partial charge in [0.1, 0.15) is 0 Å². The van der Waals surface area contributed by atoms with Gasteiger partial charge in [0.15, 0.2) is 0 Å². The Kier molecular flexibility index (Phi) is 5.84. The fraction of sp³-hybridized carbons (Fsp3) is 0.875. The van der Waals surface area contributed by atoms with Crippen LogP contribution in [-0.4, -0.2) is 19.5 Å². The Bertz CT molecular complexity index is 115. The van der Waals surface area contributed by atoms with E-state index in [0.29, 0.717) is 12.3 Å². The highest BCUT2D eigenvalue weighted by Crippen LogP contribution is 2.05. The highest BCUT2D eigenvalue weighted by Gasteiger charge is 2.01. The van der Waals surface area contributed by atoms with Gasteiger partial charge in [-0.25, -0.2) is 0 Å². The SMILES string of the molecule is CNC[C@H](C)CCCC(N)=O. The van der Waals surface area contributed by atoms with Crippen molar-refractivity contribution >= 4 is 5.91 Å². The summed E-state index contributed by atoms with van der Waals surface area (Å²) in [4.78, 5) is 10.3. The minimum atomic E-state index is -0.193. The van der Waals surface area contributed by atoms with Crippen molar-refractivity contribution in [3.8, 4) is 0 Å². The summed E-state index contributed by atoms with van der Waals surface area (Å²) in [5.41, 5.74) is 5.00. The average Bonchev–Trinajstić information content (AvgIpc) is 1.87. The number of hydrogen-bond acceptors (Lipinski definition) is 2. The summed E-state index contributed by atoms with van der Waals surface area (Å²) in [7, 11) is 1.94. The van der Waals surface area contributed by atoms with E-state index in [1.54, 1.807) is 0 Å². The summed E-state index contributed by atoms with van der Waals surface area (Å²) in [6.45, 7) is 3.18. The van der Waals surface area contributed by atoms with Gasteiger partial charge in [-0.05, 0) is 32.4 Å². The highest BCUT2D eigenvalue weighted by atomic mass is 16.1. The minimum Gasteiger partial charge on any atom is -0.370 e. The van der Waals surface area contributed by atoms with E-state index in [4.69, 9.17) is 5.73 Å². The molecule has 11 heavy (non-hydrogen) atoms. The Morgan fingerprint density at radius 1 is 1.64 bits per heavy atom. The smallest absolute Gasteiger partial charge is 0.217 e. The van der Waals surface area contributed by atoms with Gasteiger partial charge >= 0.3 is 0 Å². The molecule has 0 unspecified atom stereocenters. The van der Waals surface area contributed by atoms with Crippen LogP contribution >= 0.6 is 0 Å². The second kappa shape index (κ2) is 6.16. The molecule has 0 fully saturated rings. The van der Waals surface area contributed by atoms with Crippen molar-refractivity contribution in [1.29, 1.82) is 0 Å². The van der Waals surface area contributed by atoms with Gasteiger partial charge in [-0.15, -0.1) is 0 Å². The molecular weight excluding hydrogens is 140 g/mol. The quantitative estimate of drug-likeness (QED) is 0.591. The van der Waals surface area contributed by atoms with Gasteiger partial charge < -0.3 is 11.1 Å². The number of hydrogen-bond donors (Lipinski definition) is 2. The molecule has 0 radical (unpaired) electrons. The van der Waals surface area contributed by atoms with Gasteiger partial charge in [-0.2, -0.15) is 0 Å². The summed E-state index contributed by atoms with van der Waals surface area (Å²) in [5.74, 6) is 0.445. The van der Waals surface area contributed by atoms with Crippen LogP contribution in [0.2, 0.25) is 0 Å². The second-order valence-corrected chi connectivity index (χ2v) is 3.02. The molecular formula is C8H18N2O. The predicted molar refractivity (Wildman–Crippen MR) is 46.1 cm³/mol. The van der Waals surface area contributed by atoms with Gasteiger partial charge in [-0.3, -0.25) is 4.79 Å². The van der Waals surface area contributed by atoms with E-state index < -0.39 is 0 Å². The molecule has 3 N–H and O–H groups in total. The molecule has 1 amide bonds. The van der Waals surface area contributed by atoms with Crippen molar-refractivity contribution in [2.24, 2.45) is 11.7 Å². The van der Waals surface area contributed by atoms with Crippen LogP contribution in [0.3, 0.4) is 0 Å². The molecule has 0 saturated carbocycles. The van der Waals surface area contributed by atoms with Crippen molar-refractivity contribution < 1.29 is 4.79 Å². The van der Waals surface area contributed by atoms with E-state index in [-0.39, 0.29) is 5.91 Å². The molecule has 0 aromatic rings. The van der Waals surface area contributed by atoms with Crippen LogP contribution in [0, 0.1) is 5.92 Å². The Balaban J connectivity index is 3.16. The summed E-state index contributed by atoms with van der Waals surface area (Å²) in [5, 5.41) is 3.09. The van der Waals surface area contributed by atoms with Crippen molar-refractivity contribution in [3.63, 3.8) is 0 Å². The van der Waals surface area contributed by atoms with Crippen LogP contribution in [0.5, 0.6) is 0 Å². The van der Waals surface area contributed by atoms with Crippen LogP contribution in [0.1, 0.15) is 26.2 Å². The molecule has 0 spiro atoms. The van der Waals surface area contributed by atoms with Crippen LogP contribution in [0.25, 0.3) is 0 Å². The van der Waals surface area contributed by atoms with Gasteiger partial charge in [0.25, 0.3) is 0 Å². The highest BCUT2D eigenvalue weighted by molar-refractivity contribution is 5.73. The third kappa shape index (κ3) is 7.33. The van der Waals surface area contributed by atoms with Crippen LogP contribution in [0.4, 0.5) is 0 Å². The van der Waals surface area contributed by atoms with Crippen molar-refractivity contribution in [2.45, 2.75) is 26.2 Å². The first kappa shape index (κ1) is 10.4. The van der Waals surface area contributed by atoms with E-state index in [0.717, 1.165) is 19.4 Å². The standard InChI is InChI=1S/C8H18N2O/c1-7(6-10-2)4-3-5-8(9)11/h7,10H,3-6H2,1-2H3,(H2,9,11)/t7-/m1/s1. The first-order valence-electron chi connectivity index (χ1n) is 4.09. The maximum Gasteiger partial charge on any atom is 0.217 e. The maximum absolute atomic E-state index is 10.3. The van der Waals surface area contributed by atoms with E-state index in [1.165, 1.54) is 0 Å². The maximum atomic E-state index is 10.3. The number of carbonyl (C=O) groups excluding carboxylic acids is 1. The van der Waals surface area contributed by atoms with Crippen LogP contribution in [0.15, 0.2) is 0 Å². The molecule has 0 bridgehead atoms. The summed E-state index contributed by atoms with van der Waals surface area (Å²) in [6, 6.07) is 0. The Hall–Kier alpha value is -0.570. The largest absolute Gasteiger partial charge is 0.370 e. The predicted octanol–water partition coefficient (Wildman–Crippen LogP) is 0.497. The van der Waals surface area contributed by atoms with Gasteiger partial charge in [0, 0.05) is 6.42 Å². The molecule has 1 atom stereocenters. The van der Waals surface area contributed by atoms with E-state index in [1.807, 2.05) is 7.05 Å². The number of amides is 1. The zero-order valence-corrected chi connectivity index (χ0v) is 7.39. The first-order valence-corrected chi connectivity index (χ1v) is 4.09. The lowest BCUT2D eigenvalue weighted by Crippen LogP contribution is -2.17. The Labute approximate surface area is 68.3 Å². The normalized spacial score (nSPS) is 12.9.